The van der Waals surface area contributed by atoms with Crippen LogP contribution in [0.3, 0.4) is 0 Å². The van der Waals surface area contributed by atoms with Crippen LogP contribution in [0, 0.1) is 0 Å². The van der Waals surface area contributed by atoms with Crippen molar-refractivity contribution in [3.63, 3.8) is 0 Å². The van der Waals surface area contributed by atoms with Gasteiger partial charge in [-0.2, -0.15) is 5.10 Å². The number of hydrogen-bond donors (Lipinski definition) is 1. The summed E-state index contributed by atoms with van der Waals surface area (Å²) in [6, 6.07) is 9.91. The summed E-state index contributed by atoms with van der Waals surface area (Å²) < 4.78 is 7.03. The maximum absolute atomic E-state index is 11.6. The molecular weight excluding hydrogens is 266 g/mol. The molecular formula is C16H21N3O2. The van der Waals surface area contributed by atoms with Gasteiger partial charge in [0.2, 0.25) is 0 Å². The predicted molar refractivity (Wildman–Crippen MR) is 81.1 cm³/mol. The molecule has 0 aliphatic carbocycles. The lowest BCUT2D eigenvalue weighted by atomic mass is 10.2. The number of carbonyl (C=O) groups excluding carboxylic acids is 1. The molecule has 21 heavy (non-hydrogen) atoms. The second kappa shape index (κ2) is 6.54. The zero-order valence-corrected chi connectivity index (χ0v) is 12.7. The van der Waals surface area contributed by atoms with Gasteiger partial charge in [-0.05, 0) is 44.5 Å². The molecule has 0 saturated heterocycles. The summed E-state index contributed by atoms with van der Waals surface area (Å²) in [5, 5.41) is 7.26. The van der Waals surface area contributed by atoms with E-state index in [1.54, 1.807) is 10.9 Å². The molecule has 5 nitrogen and oxygen atoms in total. The molecule has 1 aromatic heterocycles. The van der Waals surface area contributed by atoms with Crippen molar-refractivity contribution in [3.05, 3.63) is 48.3 Å². The van der Waals surface area contributed by atoms with Gasteiger partial charge in [-0.1, -0.05) is 12.1 Å². The predicted octanol–water partition coefficient (Wildman–Crippen LogP) is 2.30. The largest absolute Gasteiger partial charge is 0.459 e. The highest BCUT2D eigenvalue weighted by Crippen LogP contribution is 2.09. The van der Waals surface area contributed by atoms with E-state index in [-0.39, 0.29) is 12.5 Å². The number of carbonyl (C=O) groups is 1. The van der Waals surface area contributed by atoms with E-state index in [1.165, 1.54) is 0 Å². The number of nitrogens with one attached hydrogen (secondary N) is 1. The van der Waals surface area contributed by atoms with Crippen LogP contribution >= 0.6 is 0 Å². The standard InChI is InChI=1S/C16H21N3O2/c1-16(2,3)21-15(20)12-17-11-13-5-7-14(8-6-13)19-10-4-9-18-19/h4-10,17H,11-12H2,1-3H3. The first-order valence-electron chi connectivity index (χ1n) is 6.95. The quantitative estimate of drug-likeness (QED) is 0.857. The van der Waals surface area contributed by atoms with Crippen LogP contribution in [0.5, 0.6) is 0 Å². The summed E-state index contributed by atoms with van der Waals surface area (Å²) in [4.78, 5) is 11.6. The number of hydrogen-bond acceptors (Lipinski definition) is 4. The van der Waals surface area contributed by atoms with Crippen LogP contribution in [0.25, 0.3) is 5.69 Å². The normalized spacial score (nSPS) is 11.4. The minimum absolute atomic E-state index is 0.207. The monoisotopic (exact) mass is 287 g/mol. The average Bonchev–Trinajstić information content (AvgIpc) is 2.91. The van der Waals surface area contributed by atoms with Crippen molar-refractivity contribution >= 4 is 5.97 Å². The van der Waals surface area contributed by atoms with E-state index in [2.05, 4.69) is 10.4 Å². The summed E-state index contributed by atoms with van der Waals surface area (Å²) in [6.45, 7) is 6.41. The van der Waals surface area contributed by atoms with Gasteiger partial charge in [0.15, 0.2) is 0 Å². The number of aromatic nitrogens is 2. The van der Waals surface area contributed by atoms with Crippen molar-refractivity contribution in [2.45, 2.75) is 32.9 Å². The minimum Gasteiger partial charge on any atom is -0.459 e. The maximum Gasteiger partial charge on any atom is 0.320 e. The van der Waals surface area contributed by atoms with E-state index in [0.717, 1.165) is 11.3 Å². The minimum atomic E-state index is -0.440. The lowest BCUT2D eigenvalue weighted by molar-refractivity contribution is -0.153. The van der Waals surface area contributed by atoms with Crippen LogP contribution < -0.4 is 5.32 Å². The highest BCUT2D eigenvalue weighted by atomic mass is 16.6. The summed E-state index contributed by atoms with van der Waals surface area (Å²) in [7, 11) is 0. The smallest absolute Gasteiger partial charge is 0.320 e. The third kappa shape index (κ3) is 5.04. The van der Waals surface area contributed by atoms with Crippen molar-refractivity contribution in [1.29, 1.82) is 0 Å². The second-order valence-electron chi connectivity index (χ2n) is 5.81. The molecule has 112 valence electrons. The average molecular weight is 287 g/mol. The molecule has 5 heteroatoms. The second-order valence-corrected chi connectivity index (χ2v) is 5.81. The zero-order chi connectivity index (χ0) is 15.3. The van der Waals surface area contributed by atoms with Crippen molar-refractivity contribution < 1.29 is 9.53 Å². The van der Waals surface area contributed by atoms with Crippen LogP contribution in [0.4, 0.5) is 0 Å². The molecule has 0 saturated carbocycles. The van der Waals surface area contributed by atoms with Gasteiger partial charge >= 0.3 is 5.97 Å². The molecule has 2 rings (SSSR count). The van der Waals surface area contributed by atoms with Gasteiger partial charge in [0.25, 0.3) is 0 Å². The summed E-state index contributed by atoms with van der Waals surface area (Å²) >= 11 is 0. The van der Waals surface area contributed by atoms with Crippen LogP contribution in [0.15, 0.2) is 42.7 Å². The van der Waals surface area contributed by atoms with Crippen LogP contribution in [-0.2, 0) is 16.1 Å². The Hall–Kier alpha value is -2.14. The van der Waals surface area contributed by atoms with Crippen molar-refractivity contribution in [1.82, 2.24) is 15.1 Å². The molecule has 0 fully saturated rings. The molecule has 0 unspecified atom stereocenters. The lowest BCUT2D eigenvalue weighted by Gasteiger charge is -2.19. The van der Waals surface area contributed by atoms with Gasteiger partial charge in [0.1, 0.15) is 5.60 Å². The first-order chi connectivity index (χ1) is 9.94. The summed E-state index contributed by atoms with van der Waals surface area (Å²) in [6.07, 6.45) is 3.64. The molecule has 0 radical (unpaired) electrons. The molecule has 0 aliphatic heterocycles. The molecule has 0 amide bonds. The fourth-order valence-corrected chi connectivity index (χ4v) is 1.87. The van der Waals surface area contributed by atoms with E-state index in [4.69, 9.17) is 4.74 Å². The van der Waals surface area contributed by atoms with Gasteiger partial charge in [-0.3, -0.25) is 4.79 Å². The molecule has 2 aromatic rings. The van der Waals surface area contributed by atoms with Crippen LogP contribution in [-0.4, -0.2) is 27.9 Å². The molecule has 1 aromatic carbocycles. The van der Waals surface area contributed by atoms with E-state index in [9.17, 15) is 4.79 Å². The number of nitrogens with zero attached hydrogens (tertiary/aromatic N) is 2. The van der Waals surface area contributed by atoms with Crippen molar-refractivity contribution in [2.75, 3.05) is 6.54 Å². The maximum atomic E-state index is 11.6. The van der Waals surface area contributed by atoms with Gasteiger partial charge < -0.3 is 10.1 Å². The van der Waals surface area contributed by atoms with E-state index in [1.807, 2.05) is 57.3 Å². The Kier molecular flexibility index (Phi) is 4.75. The van der Waals surface area contributed by atoms with Gasteiger partial charge in [0, 0.05) is 18.9 Å². The third-order valence-corrected chi connectivity index (χ3v) is 2.72. The van der Waals surface area contributed by atoms with Crippen LogP contribution in [0.1, 0.15) is 26.3 Å². The SMILES string of the molecule is CC(C)(C)OC(=O)CNCc1ccc(-n2cccn2)cc1. The molecule has 0 spiro atoms. The van der Waals surface area contributed by atoms with Gasteiger partial charge in [-0.25, -0.2) is 4.68 Å². The Morgan fingerprint density at radius 1 is 1.29 bits per heavy atom. The molecule has 1 heterocycles. The van der Waals surface area contributed by atoms with Crippen molar-refractivity contribution in [3.8, 4) is 5.69 Å². The van der Waals surface area contributed by atoms with E-state index >= 15 is 0 Å². The molecule has 0 aliphatic rings. The Labute approximate surface area is 124 Å². The topological polar surface area (TPSA) is 56.1 Å². The number of benzene rings is 1. The van der Waals surface area contributed by atoms with E-state index in [0.29, 0.717) is 6.54 Å². The lowest BCUT2D eigenvalue weighted by Crippen LogP contribution is -2.31. The summed E-state index contributed by atoms with van der Waals surface area (Å²) in [5.41, 5.74) is 1.68. The van der Waals surface area contributed by atoms with E-state index < -0.39 is 5.60 Å². The highest BCUT2D eigenvalue weighted by Gasteiger charge is 2.15. The van der Waals surface area contributed by atoms with Crippen LogP contribution in [0.2, 0.25) is 0 Å². The number of esters is 1. The Morgan fingerprint density at radius 2 is 2.00 bits per heavy atom. The first-order valence-corrected chi connectivity index (χ1v) is 6.95. The number of ether oxygens (including phenoxy) is 1. The molecule has 0 atom stereocenters. The number of rotatable bonds is 5. The Balaban J connectivity index is 1.80. The van der Waals surface area contributed by atoms with Gasteiger partial charge in [0.05, 0.1) is 12.2 Å². The molecule has 1 N–H and O–H groups in total. The fourth-order valence-electron chi connectivity index (χ4n) is 1.87. The Bertz CT molecular complexity index is 569. The Morgan fingerprint density at radius 3 is 2.57 bits per heavy atom. The van der Waals surface area contributed by atoms with Gasteiger partial charge in [-0.15, -0.1) is 0 Å². The highest BCUT2D eigenvalue weighted by molar-refractivity contribution is 5.72. The fraction of sp³-hybridized carbons (Fsp3) is 0.375. The molecule has 0 bridgehead atoms. The first kappa shape index (κ1) is 15.3. The van der Waals surface area contributed by atoms with Crippen molar-refractivity contribution in [2.24, 2.45) is 0 Å². The third-order valence-electron chi connectivity index (χ3n) is 2.72. The zero-order valence-electron chi connectivity index (χ0n) is 12.7. The summed E-state index contributed by atoms with van der Waals surface area (Å²) in [5.74, 6) is -0.240.